The van der Waals surface area contributed by atoms with E-state index < -0.39 is 0 Å². The van der Waals surface area contributed by atoms with Gasteiger partial charge >= 0.3 is 0 Å². The molecule has 0 saturated heterocycles. The Bertz CT molecular complexity index is 1420. The Morgan fingerprint density at radius 1 is 1.06 bits per heavy atom. The zero-order valence-corrected chi connectivity index (χ0v) is 19.2. The average molecular weight is 462 g/mol. The summed E-state index contributed by atoms with van der Waals surface area (Å²) < 4.78 is 34.0. The first-order chi connectivity index (χ1) is 16.2. The molecule has 2 N–H and O–H groups in total. The average Bonchev–Trinajstić information content (AvgIpc) is 3.19. The van der Waals surface area contributed by atoms with Crippen molar-refractivity contribution in [2.75, 3.05) is 0 Å². The molecule has 0 spiro atoms. The van der Waals surface area contributed by atoms with Gasteiger partial charge in [-0.05, 0) is 90.6 Å². The lowest BCUT2D eigenvalue weighted by atomic mass is 9.95. The monoisotopic (exact) mass is 461 g/mol. The van der Waals surface area contributed by atoms with Crippen LogP contribution in [0.1, 0.15) is 45.6 Å². The molecule has 0 bridgehead atoms. The Kier molecular flexibility index (Phi) is 6.45. The standard InChI is InChI=1S/C27H25F2N3O2/c1-16-11-23(28)5-6-24(16)21-12-19(15-32-8-9-34-27(32)30)13-22(14-21)26(33)31-18(3)20-4-7-25(29)17(2)10-20/h4-14,18,30H,15H2,1-3H3,(H,31,33)/t18-/m0/s1. The number of aryl methyl sites for hydroxylation is 2. The van der Waals surface area contributed by atoms with Crippen LogP contribution >= 0.6 is 0 Å². The summed E-state index contributed by atoms with van der Waals surface area (Å²) >= 11 is 0. The number of nitrogens with one attached hydrogen (secondary N) is 2. The molecular formula is C27H25F2N3O2. The van der Waals surface area contributed by atoms with E-state index in [9.17, 15) is 13.6 Å². The van der Waals surface area contributed by atoms with Crippen molar-refractivity contribution in [3.05, 3.63) is 112 Å². The second-order valence-electron chi connectivity index (χ2n) is 8.42. The summed E-state index contributed by atoms with van der Waals surface area (Å²) in [5.41, 5.74) is 4.84. The van der Waals surface area contributed by atoms with Gasteiger partial charge in [0.15, 0.2) is 0 Å². The first kappa shape index (κ1) is 23.2. The molecule has 0 saturated carbocycles. The fourth-order valence-electron chi connectivity index (χ4n) is 3.95. The van der Waals surface area contributed by atoms with E-state index in [2.05, 4.69) is 5.32 Å². The molecular weight excluding hydrogens is 436 g/mol. The van der Waals surface area contributed by atoms with Gasteiger partial charge in [-0.2, -0.15) is 0 Å². The van der Waals surface area contributed by atoms with Gasteiger partial charge in [-0.15, -0.1) is 0 Å². The smallest absolute Gasteiger partial charge is 0.293 e. The number of halogens is 2. The second kappa shape index (κ2) is 9.47. The zero-order valence-electron chi connectivity index (χ0n) is 19.2. The van der Waals surface area contributed by atoms with Gasteiger partial charge in [0.2, 0.25) is 0 Å². The minimum atomic E-state index is -0.338. The Morgan fingerprint density at radius 3 is 2.53 bits per heavy atom. The van der Waals surface area contributed by atoms with Crippen molar-refractivity contribution in [3.63, 3.8) is 0 Å². The van der Waals surface area contributed by atoms with Crippen molar-refractivity contribution < 1.29 is 18.0 Å². The summed E-state index contributed by atoms with van der Waals surface area (Å²) in [6, 6.07) is 14.4. The van der Waals surface area contributed by atoms with Gasteiger partial charge in [0.05, 0.1) is 12.6 Å². The summed E-state index contributed by atoms with van der Waals surface area (Å²) in [5.74, 6) is -0.910. The van der Waals surface area contributed by atoms with Crippen LogP contribution < -0.4 is 11.0 Å². The molecule has 1 aromatic heterocycles. The number of nitrogens with zero attached hydrogens (tertiary/aromatic N) is 1. The summed E-state index contributed by atoms with van der Waals surface area (Å²) in [4.78, 5) is 13.2. The zero-order chi connectivity index (χ0) is 24.4. The highest BCUT2D eigenvalue weighted by Gasteiger charge is 2.16. The lowest BCUT2D eigenvalue weighted by molar-refractivity contribution is 0.0939. The number of benzene rings is 3. The van der Waals surface area contributed by atoms with Crippen molar-refractivity contribution in [1.29, 1.82) is 5.41 Å². The predicted molar refractivity (Wildman–Crippen MR) is 125 cm³/mol. The van der Waals surface area contributed by atoms with E-state index in [1.54, 1.807) is 48.0 Å². The Labute approximate surface area is 196 Å². The van der Waals surface area contributed by atoms with Crippen LogP contribution in [-0.2, 0) is 6.54 Å². The van der Waals surface area contributed by atoms with E-state index >= 15 is 0 Å². The van der Waals surface area contributed by atoms with E-state index in [4.69, 9.17) is 9.83 Å². The van der Waals surface area contributed by atoms with Gasteiger partial charge in [-0.1, -0.05) is 18.2 Å². The molecule has 5 nitrogen and oxygen atoms in total. The fourth-order valence-corrected chi connectivity index (χ4v) is 3.95. The summed E-state index contributed by atoms with van der Waals surface area (Å²) in [6.45, 7) is 5.67. The van der Waals surface area contributed by atoms with Crippen LogP contribution in [0.5, 0.6) is 0 Å². The van der Waals surface area contributed by atoms with Crippen molar-refractivity contribution in [3.8, 4) is 11.1 Å². The number of carbonyl (C=O) groups is 1. The largest absolute Gasteiger partial charge is 0.432 e. The Morgan fingerprint density at radius 2 is 1.85 bits per heavy atom. The van der Waals surface area contributed by atoms with E-state index in [-0.39, 0.29) is 29.3 Å². The number of amides is 1. The predicted octanol–water partition coefficient (Wildman–Crippen LogP) is 5.66. The van der Waals surface area contributed by atoms with Crippen molar-refractivity contribution in [1.82, 2.24) is 9.88 Å². The minimum Gasteiger partial charge on any atom is -0.432 e. The Balaban J connectivity index is 1.70. The van der Waals surface area contributed by atoms with Gasteiger partial charge < -0.3 is 9.73 Å². The number of rotatable bonds is 6. The molecule has 0 radical (unpaired) electrons. The van der Waals surface area contributed by atoms with Crippen LogP contribution in [0.25, 0.3) is 11.1 Å². The third-order valence-electron chi connectivity index (χ3n) is 5.82. The first-order valence-corrected chi connectivity index (χ1v) is 10.9. The lowest BCUT2D eigenvalue weighted by Crippen LogP contribution is -2.27. The second-order valence-corrected chi connectivity index (χ2v) is 8.42. The van der Waals surface area contributed by atoms with Crippen molar-refractivity contribution in [2.24, 2.45) is 0 Å². The Hall–Kier alpha value is -4.00. The van der Waals surface area contributed by atoms with Crippen LogP contribution in [-0.4, -0.2) is 10.5 Å². The van der Waals surface area contributed by atoms with Crippen LogP contribution in [0.15, 0.2) is 71.5 Å². The molecule has 34 heavy (non-hydrogen) atoms. The van der Waals surface area contributed by atoms with Gasteiger partial charge in [-0.3, -0.25) is 14.8 Å². The van der Waals surface area contributed by atoms with E-state index in [0.717, 1.165) is 27.8 Å². The van der Waals surface area contributed by atoms with Gasteiger partial charge in [0.1, 0.15) is 17.9 Å². The molecule has 0 aliphatic rings. The number of hydrogen-bond acceptors (Lipinski definition) is 3. The van der Waals surface area contributed by atoms with Crippen LogP contribution in [0, 0.1) is 30.9 Å². The first-order valence-electron chi connectivity index (χ1n) is 10.9. The molecule has 1 heterocycles. The van der Waals surface area contributed by atoms with Gasteiger partial charge in [0.25, 0.3) is 11.6 Å². The van der Waals surface area contributed by atoms with E-state index in [1.807, 2.05) is 19.9 Å². The highest BCUT2D eigenvalue weighted by Crippen LogP contribution is 2.27. The minimum absolute atomic E-state index is 0.00494. The number of aromatic nitrogens is 1. The number of hydrogen-bond donors (Lipinski definition) is 2. The molecule has 174 valence electrons. The molecule has 0 fully saturated rings. The summed E-state index contributed by atoms with van der Waals surface area (Å²) in [7, 11) is 0. The fraction of sp³-hybridized carbons (Fsp3) is 0.185. The quantitative estimate of drug-likeness (QED) is 0.389. The summed E-state index contributed by atoms with van der Waals surface area (Å²) in [5, 5.41) is 10.9. The lowest BCUT2D eigenvalue weighted by Gasteiger charge is -2.17. The van der Waals surface area contributed by atoms with E-state index in [0.29, 0.717) is 17.7 Å². The third-order valence-corrected chi connectivity index (χ3v) is 5.82. The van der Waals surface area contributed by atoms with Crippen molar-refractivity contribution >= 4 is 5.91 Å². The molecule has 1 atom stereocenters. The molecule has 1 amide bonds. The molecule has 7 heteroatoms. The molecule has 4 rings (SSSR count). The topological polar surface area (TPSA) is 71.0 Å². The molecule has 4 aromatic rings. The van der Waals surface area contributed by atoms with Gasteiger partial charge in [-0.25, -0.2) is 8.78 Å². The maximum atomic E-state index is 13.7. The van der Waals surface area contributed by atoms with Crippen LogP contribution in [0.4, 0.5) is 8.78 Å². The molecule has 0 unspecified atom stereocenters. The van der Waals surface area contributed by atoms with Crippen molar-refractivity contribution in [2.45, 2.75) is 33.4 Å². The van der Waals surface area contributed by atoms with Crippen LogP contribution in [0.3, 0.4) is 0 Å². The van der Waals surface area contributed by atoms with E-state index in [1.165, 1.54) is 24.5 Å². The number of carbonyl (C=O) groups excluding carboxylic acids is 1. The highest BCUT2D eigenvalue weighted by molar-refractivity contribution is 5.96. The van der Waals surface area contributed by atoms with Crippen LogP contribution in [0.2, 0.25) is 0 Å². The highest BCUT2D eigenvalue weighted by atomic mass is 19.1. The third kappa shape index (κ3) is 4.98. The SMILES string of the molecule is Cc1cc([C@H](C)NC(=O)c2cc(Cn3ccoc3=N)cc(-c3ccc(F)cc3C)c2)ccc1F. The molecule has 3 aromatic carbocycles. The summed E-state index contributed by atoms with van der Waals surface area (Å²) in [6.07, 6.45) is 3.08. The molecule has 0 aliphatic carbocycles. The van der Waals surface area contributed by atoms with Gasteiger partial charge in [0, 0.05) is 11.8 Å². The molecule has 0 aliphatic heterocycles. The maximum Gasteiger partial charge on any atom is 0.293 e. The number of oxazole rings is 1. The maximum absolute atomic E-state index is 13.7. The normalized spacial score (nSPS) is 11.9.